The van der Waals surface area contributed by atoms with Crippen molar-refractivity contribution in [1.29, 1.82) is 0 Å². The minimum atomic E-state index is -1.72. The summed E-state index contributed by atoms with van der Waals surface area (Å²) in [6, 6.07) is 16.2. The number of Topliss-reactive ketones (excluding diaryl/α,β-unsaturated/α-hetero) is 2. The lowest BCUT2D eigenvalue weighted by molar-refractivity contribution is -0.127. The van der Waals surface area contributed by atoms with Gasteiger partial charge in [-0.05, 0) is 98.8 Å². The molecule has 5 aromatic rings. The van der Waals surface area contributed by atoms with Crippen LogP contribution in [0, 0.1) is 0 Å². The molecule has 5 rings (SSSR count). The van der Waals surface area contributed by atoms with Crippen molar-refractivity contribution < 1.29 is 28.8 Å². The molecule has 5 aromatic carbocycles. The molecule has 4 N–H and O–H groups in total. The Kier molecular flexibility index (Phi) is 16.4. The van der Waals surface area contributed by atoms with Crippen molar-refractivity contribution >= 4 is 162 Å². The fraction of sp³-hybridized carbons (Fsp3) is 0.100. The maximum Gasteiger partial charge on any atom is 0.258 e. The Balaban J connectivity index is 1.26. The minimum absolute atomic E-state index is 0.0102. The third-order valence-electron chi connectivity index (χ3n) is 8.16. The number of nitrogens with one attached hydrogen (secondary N) is 4. The first-order chi connectivity index (χ1) is 29.3. The molecule has 0 aromatic heterocycles. The van der Waals surface area contributed by atoms with Crippen molar-refractivity contribution in [2.45, 2.75) is 25.9 Å². The highest BCUT2D eigenvalue weighted by atomic mass is 35.5. The standard InChI is InChI=1S/C40H26Cl8N8O6/c1-17(57)34(55-53-32-11-19(3-7-26(32)43)37(59)49-21-5-9-24(41)28(45)13-21)39(61)51-23-15-30(47)36(31(48)16-23)52-40(62)35(18(2)58)56-54-33-12-20(4-8-27(33)44)38(60)50-22-6-10-25(42)29(46)14-22/h3-16,34-35H,1-2H3,(H,49,59)(H,50,60)(H,51,61)(H,52,62). The third kappa shape index (κ3) is 12.5. The summed E-state index contributed by atoms with van der Waals surface area (Å²) in [6.45, 7) is 2.20. The first-order valence-corrected chi connectivity index (χ1v) is 20.4. The number of amides is 4. The fourth-order valence-electron chi connectivity index (χ4n) is 5.06. The summed E-state index contributed by atoms with van der Waals surface area (Å²) >= 11 is 49.4. The molecule has 0 aliphatic heterocycles. The van der Waals surface area contributed by atoms with Crippen LogP contribution in [-0.4, -0.2) is 47.3 Å². The second kappa shape index (κ2) is 21.3. The Morgan fingerprint density at radius 2 is 0.790 bits per heavy atom. The fourth-order valence-corrected chi connectivity index (χ4v) is 6.55. The third-order valence-corrected chi connectivity index (χ3v) is 10.9. The van der Waals surface area contributed by atoms with Gasteiger partial charge in [0.05, 0.1) is 45.9 Å². The summed E-state index contributed by atoms with van der Waals surface area (Å²) in [6.07, 6.45) is 0. The summed E-state index contributed by atoms with van der Waals surface area (Å²) in [5.74, 6) is -4.47. The van der Waals surface area contributed by atoms with E-state index in [4.69, 9.17) is 92.8 Å². The number of azo groups is 2. The van der Waals surface area contributed by atoms with Crippen molar-refractivity contribution in [3.63, 3.8) is 0 Å². The van der Waals surface area contributed by atoms with Gasteiger partial charge in [-0.3, -0.25) is 28.8 Å². The van der Waals surface area contributed by atoms with Gasteiger partial charge in [0.25, 0.3) is 23.6 Å². The van der Waals surface area contributed by atoms with Crippen LogP contribution in [-0.2, 0) is 19.2 Å². The SMILES string of the molecule is CC(=O)C(N=Nc1cc(C(=O)Nc2ccc(Cl)c(Cl)c2)ccc1Cl)C(=O)Nc1cc(Cl)c(NC(=O)C(N=Nc2cc(C(=O)Nc3ccc(Cl)c(Cl)c3)ccc2Cl)C(C)=O)c(Cl)c1. The molecule has 22 heteroatoms. The molecule has 14 nitrogen and oxygen atoms in total. The Labute approximate surface area is 392 Å². The Hall–Kier alpha value is -5.16. The number of halogens is 8. The zero-order chi connectivity index (χ0) is 45.4. The average Bonchev–Trinajstić information content (AvgIpc) is 3.20. The number of carbonyl (C=O) groups is 6. The number of benzene rings is 5. The lowest BCUT2D eigenvalue weighted by Crippen LogP contribution is -2.32. The second-order valence-electron chi connectivity index (χ2n) is 12.7. The number of ketones is 2. The highest BCUT2D eigenvalue weighted by Crippen LogP contribution is 2.35. The van der Waals surface area contributed by atoms with Gasteiger partial charge in [-0.1, -0.05) is 92.8 Å². The average molecular weight is 998 g/mol. The van der Waals surface area contributed by atoms with Crippen molar-refractivity contribution in [2.75, 3.05) is 21.3 Å². The molecule has 4 amide bonds. The van der Waals surface area contributed by atoms with E-state index in [-0.39, 0.29) is 64.0 Å². The van der Waals surface area contributed by atoms with Gasteiger partial charge >= 0.3 is 0 Å². The second-order valence-corrected chi connectivity index (χ2v) is 16.0. The molecule has 0 fully saturated rings. The van der Waals surface area contributed by atoms with Crippen LogP contribution in [0.4, 0.5) is 34.1 Å². The van der Waals surface area contributed by atoms with Crippen LogP contribution in [0.2, 0.25) is 40.2 Å². The molecule has 318 valence electrons. The number of nitrogens with zero attached hydrogens (tertiary/aromatic N) is 4. The van der Waals surface area contributed by atoms with Crippen LogP contribution in [0.25, 0.3) is 0 Å². The molecule has 62 heavy (non-hydrogen) atoms. The predicted octanol–water partition coefficient (Wildman–Crippen LogP) is 12.8. The molecule has 0 saturated carbocycles. The highest BCUT2D eigenvalue weighted by Gasteiger charge is 2.27. The van der Waals surface area contributed by atoms with Crippen LogP contribution in [0.1, 0.15) is 34.6 Å². The lowest BCUT2D eigenvalue weighted by Gasteiger charge is -2.15. The number of hydrogen-bond acceptors (Lipinski definition) is 10. The largest absolute Gasteiger partial charge is 0.324 e. The zero-order valence-corrected chi connectivity index (χ0v) is 37.5. The van der Waals surface area contributed by atoms with E-state index >= 15 is 0 Å². The molecule has 0 heterocycles. The summed E-state index contributed by atoms with van der Waals surface area (Å²) in [5, 5.41) is 26.7. The quantitative estimate of drug-likeness (QED) is 0.0630. The summed E-state index contributed by atoms with van der Waals surface area (Å²) in [7, 11) is 0. The van der Waals surface area contributed by atoms with Gasteiger partial charge in [-0.2, -0.15) is 20.5 Å². The summed E-state index contributed by atoms with van der Waals surface area (Å²) in [5.41, 5.74) is 0.731. The van der Waals surface area contributed by atoms with Gasteiger partial charge in [0.15, 0.2) is 11.6 Å². The minimum Gasteiger partial charge on any atom is -0.324 e. The molecular weight excluding hydrogens is 972 g/mol. The van der Waals surface area contributed by atoms with Crippen molar-refractivity contribution in [1.82, 2.24) is 0 Å². The van der Waals surface area contributed by atoms with Crippen molar-refractivity contribution in [3.05, 3.63) is 136 Å². The maximum atomic E-state index is 13.3. The molecule has 0 radical (unpaired) electrons. The van der Waals surface area contributed by atoms with Gasteiger partial charge in [0.1, 0.15) is 11.4 Å². The predicted molar refractivity (Wildman–Crippen MR) is 243 cm³/mol. The van der Waals surface area contributed by atoms with E-state index in [1.165, 1.54) is 72.8 Å². The highest BCUT2D eigenvalue weighted by molar-refractivity contribution is 6.43. The van der Waals surface area contributed by atoms with Crippen LogP contribution in [0.3, 0.4) is 0 Å². The van der Waals surface area contributed by atoms with Crippen LogP contribution >= 0.6 is 92.8 Å². The van der Waals surface area contributed by atoms with Crippen LogP contribution in [0.15, 0.2) is 105 Å². The van der Waals surface area contributed by atoms with Gasteiger partial charge in [0.2, 0.25) is 12.1 Å². The molecule has 0 aliphatic carbocycles. The van der Waals surface area contributed by atoms with E-state index in [9.17, 15) is 28.8 Å². The van der Waals surface area contributed by atoms with E-state index in [0.29, 0.717) is 21.4 Å². The molecule has 0 saturated heterocycles. The normalized spacial score (nSPS) is 12.2. The molecule has 0 bridgehead atoms. The van der Waals surface area contributed by atoms with Gasteiger partial charge in [0, 0.05) is 28.2 Å². The van der Waals surface area contributed by atoms with Crippen LogP contribution < -0.4 is 21.3 Å². The Morgan fingerprint density at radius 1 is 0.419 bits per heavy atom. The first-order valence-electron chi connectivity index (χ1n) is 17.4. The number of anilines is 4. The topological polar surface area (TPSA) is 200 Å². The Morgan fingerprint density at radius 3 is 1.18 bits per heavy atom. The van der Waals surface area contributed by atoms with E-state index in [1.807, 2.05) is 0 Å². The first kappa shape index (κ1) is 47.9. The maximum absolute atomic E-state index is 13.3. The molecular formula is C40H26Cl8N8O6. The van der Waals surface area contributed by atoms with Gasteiger partial charge in [-0.15, -0.1) is 0 Å². The lowest BCUT2D eigenvalue weighted by atomic mass is 10.1. The van der Waals surface area contributed by atoms with Crippen molar-refractivity contribution in [2.24, 2.45) is 20.5 Å². The molecule has 0 aliphatic rings. The van der Waals surface area contributed by atoms with E-state index in [2.05, 4.69) is 41.7 Å². The smallest absolute Gasteiger partial charge is 0.258 e. The molecule has 2 atom stereocenters. The van der Waals surface area contributed by atoms with Crippen LogP contribution in [0.5, 0.6) is 0 Å². The zero-order valence-electron chi connectivity index (χ0n) is 31.5. The molecule has 2 unspecified atom stereocenters. The summed E-state index contributed by atoms with van der Waals surface area (Å²) < 4.78 is 0. The van der Waals surface area contributed by atoms with E-state index < -0.39 is 47.3 Å². The molecule has 0 spiro atoms. The van der Waals surface area contributed by atoms with Gasteiger partial charge in [-0.25, -0.2) is 0 Å². The van der Waals surface area contributed by atoms with Gasteiger partial charge < -0.3 is 21.3 Å². The number of hydrogen-bond donors (Lipinski definition) is 4. The van der Waals surface area contributed by atoms with Crippen molar-refractivity contribution in [3.8, 4) is 0 Å². The number of carbonyl (C=O) groups excluding carboxylic acids is 6. The number of rotatable bonds is 14. The Bertz CT molecular complexity index is 2690. The van der Waals surface area contributed by atoms with E-state index in [1.54, 1.807) is 12.1 Å². The van der Waals surface area contributed by atoms with E-state index in [0.717, 1.165) is 13.8 Å². The summed E-state index contributed by atoms with van der Waals surface area (Å²) in [4.78, 5) is 77.5. The monoisotopic (exact) mass is 994 g/mol.